The molecule has 1 aliphatic heterocycles. The van der Waals surface area contributed by atoms with Crippen LogP contribution in [0.4, 0.5) is 14.5 Å². The molecule has 0 radical (unpaired) electrons. The molecule has 0 spiro atoms. The number of likely N-dealkylation sites (N-methyl/N-ethyl adjacent to an activating group) is 1. The third-order valence-corrected chi connectivity index (χ3v) is 5.34. The van der Waals surface area contributed by atoms with Crippen LogP contribution in [0.1, 0.15) is 12.8 Å². The van der Waals surface area contributed by atoms with Crippen LogP contribution >= 0.6 is 24.0 Å². The van der Waals surface area contributed by atoms with Gasteiger partial charge in [-0.25, -0.2) is 8.78 Å². The van der Waals surface area contributed by atoms with Crippen LogP contribution < -0.4 is 10.2 Å². The molecule has 2 aliphatic rings. The van der Waals surface area contributed by atoms with Crippen molar-refractivity contribution in [2.45, 2.75) is 18.9 Å². The molecule has 152 valence electrons. The third kappa shape index (κ3) is 5.66. The van der Waals surface area contributed by atoms with Gasteiger partial charge in [0.25, 0.3) is 0 Å². The summed E-state index contributed by atoms with van der Waals surface area (Å²) in [5.74, 6) is 0.886. The van der Waals surface area contributed by atoms with Crippen molar-refractivity contribution in [1.29, 1.82) is 0 Å². The zero-order chi connectivity index (χ0) is 18.7. The number of benzene rings is 1. The number of nitrogens with zero attached hydrogens (tertiary/aromatic N) is 4. The van der Waals surface area contributed by atoms with E-state index < -0.39 is 5.82 Å². The predicted octanol–water partition coefficient (Wildman–Crippen LogP) is 2.62. The van der Waals surface area contributed by atoms with Crippen molar-refractivity contribution in [2.24, 2.45) is 10.9 Å². The van der Waals surface area contributed by atoms with Crippen LogP contribution in [0.5, 0.6) is 0 Å². The summed E-state index contributed by atoms with van der Waals surface area (Å²) in [6.07, 6.45) is 2.61. The molecule has 5 nitrogen and oxygen atoms in total. The Kier molecular flexibility index (Phi) is 8.08. The van der Waals surface area contributed by atoms with Crippen LogP contribution in [-0.2, 0) is 0 Å². The monoisotopic (exact) mass is 493 g/mol. The number of aliphatic imine (C=N–C) groups is 1. The Hall–Kier alpha value is -1.16. The number of rotatable bonds is 5. The molecule has 1 N–H and O–H groups in total. The van der Waals surface area contributed by atoms with Crippen molar-refractivity contribution in [3.05, 3.63) is 29.8 Å². The molecule has 3 rings (SSSR count). The first-order valence-electron chi connectivity index (χ1n) is 9.31. The molecule has 27 heavy (non-hydrogen) atoms. The van der Waals surface area contributed by atoms with Crippen molar-refractivity contribution >= 4 is 35.6 Å². The van der Waals surface area contributed by atoms with E-state index in [1.54, 1.807) is 7.05 Å². The lowest BCUT2D eigenvalue weighted by atomic mass is 10.1. The van der Waals surface area contributed by atoms with Gasteiger partial charge in [0.05, 0.1) is 5.69 Å². The maximum absolute atomic E-state index is 14.0. The van der Waals surface area contributed by atoms with Gasteiger partial charge in [0.2, 0.25) is 0 Å². The molecule has 0 bridgehead atoms. The first kappa shape index (κ1) is 22.1. The first-order valence-corrected chi connectivity index (χ1v) is 9.31. The van der Waals surface area contributed by atoms with Crippen molar-refractivity contribution in [3.63, 3.8) is 0 Å². The summed E-state index contributed by atoms with van der Waals surface area (Å²) >= 11 is 0. The fourth-order valence-electron chi connectivity index (χ4n) is 3.67. The van der Waals surface area contributed by atoms with E-state index in [4.69, 9.17) is 0 Å². The molecule has 1 aromatic carbocycles. The second kappa shape index (κ2) is 9.86. The smallest absolute Gasteiger partial charge is 0.193 e. The van der Waals surface area contributed by atoms with Gasteiger partial charge in [0.1, 0.15) is 11.6 Å². The summed E-state index contributed by atoms with van der Waals surface area (Å²) in [7, 11) is 6.04. The summed E-state index contributed by atoms with van der Waals surface area (Å²) in [6.45, 7) is 3.61. The summed E-state index contributed by atoms with van der Waals surface area (Å²) in [5.41, 5.74) is 0.342. The Morgan fingerprint density at radius 1 is 1.22 bits per heavy atom. The number of halogens is 3. The Bertz CT molecular complexity index is 641. The summed E-state index contributed by atoms with van der Waals surface area (Å²) in [5, 5.41) is 3.50. The normalized spacial score (nSPS) is 19.1. The van der Waals surface area contributed by atoms with E-state index in [2.05, 4.69) is 34.2 Å². The molecule has 1 saturated carbocycles. The van der Waals surface area contributed by atoms with Gasteiger partial charge >= 0.3 is 0 Å². The average Bonchev–Trinajstić information content (AvgIpc) is 3.46. The van der Waals surface area contributed by atoms with Crippen LogP contribution in [0.2, 0.25) is 0 Å². The van der Waals surface area contributed by atoms with Crippen LogP contribution in [0, 0.1) is 17.6 Å². The van der Waals surface area contributed by atoms with Crippen LogP contribution in [0.15, 0.2) is 23.2 Å². The minimum Gasteiger partial charge on any atom is -0.366 e. The van der Waals surface area contributed by atoms with Gasteiger partial charge in [-0.15, -0.1) is 24.0 Å². The maximum atomic E-state index is 14.0. The van der Waals surface area contributed by atoms with E-state index in [0.29, 0.717) is 24.8 Å². The van der Waals surface area contributed by atoms with Crippen molar-refractivity contribution in [3.8, 4) is 0 Å². The van der Waals surface area contributed by atoms with E-state index in [9.17, 15) is 8.78 Å². The number of nitrogens with one attached hydrogen (secondary N) is 1. The minimum absolute atomic E-state index is 0. The summed E-state index contributed by atoms with van der Waals surface area (Å²) < 4.78 is 27.4. The van der Waals surface area contributed by atoms with Gasteiger partial charge in [-0.2, -0.15) is 0 Å². The molecule has 1 unspecified atom stereocenters. The fourth-order valence-corrected chi connectivity index (χ4v) is 3.67. The lowest BCUT2D eigenvalue weighted by Crippen LogP contribution is -2.54. The zero-order valence-electron chi connectivity index (χ0n) is 16.3. The standard InChI is InChI=1S/C19H29F2N5.HI/c1-22-19(23-13-18(24(2)3)14-4-5-14)26-10-8-25(9-11-26)17-12-15(20)6-7-16(17)21;/h6-7,12,14,18H,4-5,8-11,13H2,1-3H3,(H,22,23);1H. The molecule has 1 atom stereocenters. The second-order valence-electron chi connectivity index (χ2n) is 7.37. The highest BCUT2D eigenvalue weighted by Gasteiger charge is 2.33. The minimum atomic E-state index is -0.406. The SMILES string of the molecule is CN=C(NCC(C1CC1)N(C)C)N1CCN(c2cc(F)ccc2F)CC1.I. The largest absolute Gasteiger partial charge is 0.366 e. The topological polar surface area (TPSA) is 34.1 Å². The number of guanidine groups is 1. The quantitative estimate of drug-likeness (QED) is 0.389. The number of hydrogen-bond donors (Lipinski definition) is 1. The van der Waals surface area contributed by atoms with Gasteiger partial charge < -0.3 is 20.0 Å². The molecular formula is C19H30F2IN5. The van der Waals surface area contributed by atoms with Gasteiger partial charge in [0.15, 0.2) is 5.96 Å². The highest BCUT2D eigenvalue weighted by molar-refractivity contribution is 14.0. The summed E-state index contributed by atoms with van der Waals surface area (Å²) in [6, 6.07) is 4.14. The predicted molar refractivity (Wildman–Crippen MR) is 117 cm³/mol. The van der Waals surface area contributed by atoms with Crippen molar-refractivity contribution in [1.82, 2.24) is 15.1 Å². The average molecular weight is 493 g/mol. The molecule has 0 amide bonds. The van der Waals surface area contributed by atoms with Gasteiger partial charge in [-0.05, 0) is 45.0 Å². The molecule has 1 aromatic rings. The second-order valence-corrected chi connectivity index (χ2v) is 7.37. The van der Waals surface area contributed by atoms with Crippen LogP contribution in [0.25, 0.3) is 0 Å². The van der Waals surface area contributed by atoms with E-state index in [0.717, 1.165) is 37.6 Å². The molecule has 2 fully saturated rings. The highest BCUT2D eigenvalue weighted by Crippen LogP contribution is 2.34. The van der Waals surface area contributed by atoms with Gasteiger partial charge in [-0.1, -0.05) is 0 Å². The van der Waals surface area contributed by atoms with Crippen molar-refractivity contribution in [2.75, 3.05) is 58.8 Å². The lowest BCUT2D eigenvalue weighted by molar-refractivity contribution is 0.260. The highest BCUT2D eigenvalue weighted by atomic mass is 127. The zero-order valence-corrected chi connectivity index (χ0v) is 18.6. The first-order chi connectivity index (χ1) is 12.5. The molecule has 0 aromatic heterocycles. The van der Waals surface area contributed by atoms with Gasteiger partial charge in [-0.3, -0.25) is 4.99 Å². The van der Waals surface area contributed by atoms with Gasteiger partial charge in [0, 0.05) is 51.9 Å². The van der Waals surface area contributed by atoms with E-state index >= 15 is 0 Å². The van der Waals surface area contributed by atoms with E-state index in [1.165, 1.54) is 25.0 Å². The van der Waals surface area contributed by atoms with Crippen LogP contribution in [-0.4, -0.2) is 75.7 Å². The fraction of sp³-hybridized carbons (Fsp3) is 0.632. The molecular weight excluding hydrogens is 463 g/mol. The molecule has 1 saturated heterocycles. The Labute approximate surface area is 177 Å². The number of piperazine rings is 1. The molecule has 8 heteroatoms. The third-order valence-electron chi connectivity index (χ3n) is 5.34. The molecule has 1 aliphatic carbocycles. The van der Waals surface area contributed by atoms with Crippen LogP contribution in [0.3, 0.4) is 0 Å². The Morgan fingerprint density at radius 2 is 1.89 bits per heavy atom. The maximum Gasteiger partial charge on any atom is 0.193 e. The summed E-state index contributed by atoms with van der Waals surface area (Å²) in [4.78, 5) is 10.8. The number of anilines is 1. The van der Waals surface area contributed by atoms with Crippen molar-refractivity contribution < 1.29 is 8.78 Å². The lowest BCUT2D eigenvalue weighted by Gasteiger charge is -2.38. The Balaban J connectivity index is 0.00000261. The van der Waals surface area contributed by atoms with E-state index in [1.807, 2.05) is 4.90 Å². The van der Waals surface area contributed by atoms with E-state index in [-0.39, 0.29) is 29.8 Å². The Morgan fingerprint density at radius 3 is 2.44 bits per heavy atom. The molecule has 1 heterocycles. The number of hydrogen-bond acceptors (Lipinski definition) is 3.